The lowest BCUT2D eigenvalue weighted by molar-refractivity contribution is -0.121. The molecule has 1 N–H and O–H groups in total. The SMILES string of the molecule is O=C(CCOc1ccccc1)NCC(c1cccs1)N1CCCCCC1. The molecule has 1 aliphatic rings. The van der Waals surface area contributed by atoms with Gasteiger partial charge in [-0.25, -0.2) is 0 Å². The van der Waals surface area contributed by atoms with Gasteiger partial charge in [0.2, 0.25) is 5.91 Å². The summed E-state index contributed by atoms with van der Waals surface area (Å²) < 4.78 is 5.62. The normalized spacial score (nSPS) is 16.6. The molecule has 1 fully saturated rings. The van der Waals surface area contributed by atoms with Gasteiger partial charge >= 0.3 is 0 Å². The van der Waals surface area contributed by atoms with Crippen molar-refractivity contribution < 1.29 is 9.53 Å². The number of likely N-dealkylation sites (tertiary alicyclic amines) is 1. The van der Waals surface area contributed by atoms with E-state index in [0.29, 0.717) is 19.6 Å². The summed E-state index contributed by atoms with van der Waals surface area (Å²) in [6, 6.07) is 14.2. The second-order valence-electron chi connectivity index (χ2n) is 6.70. The van der Waals surface area contributed by atoms with E-state index in [9.17, 15) is 4.79 Å². The monoisotopic (exact) mass is 372 g/mol. The average Bonchev–Trinajstić information content (AvgIpc) is 3.06. The van der Waals surface area contributed by atoms with E-state index < -0.39 is 0 Å². The zero-order valence-electron chi connectivity index (χ0n) is 15.2. The van der Waals surface area contributed by atoms with Crippen LogP contribution in [-0.2, 0) is 4.79 Å². The maximum Gasteiger partial charge on any atom is 0.223 e. The highest BCUT2D eigenvalue weighted by atomic mass is 32.1. The Labute approximate surface area is 160 Å². The van der Waals surface area contributed by atoms with E-state index in [4.69, 9.17) is 4.74 Å². The van der Waals surface area contributed by atoms with Crippen molar-refractivity contribution in [2.24, 2.45) is 0 Å². The molecule has 1 saturated heterocycles. The lowest BCUT2D eigenvalue weighted by Gasteiger charge is -2.30. The van der Waals surface area contributed by atoms with Gasteiger partial charge in [0.05, 0.1) is 19.1 Å². The standard InChI is InChI=1S/C21H28N2O2S/c24-21(12-15-25-18-9-4-3-5-10-18)22-17-19(20-11-8-16-26-20)23-13-6-1-2-7-14-23/h3-5,8-11,16,19H,1-2,6-7,12-15,17H2,(H,22,24). The van der Waals surface area contributed by atoms with E-state index in [1.807, 2.05) is 30.3 Å². The fourth-order valence-electron chi connectivity index (χ4n) is 3.37. The second kappa shape index (κ2) is 10.3. The van der Waals surface area contributed by atoms with Crippen molar-refractivity contribution in [3.8, 4) is 5.75 Å². The molecule has 1 atom stereocenters. The van der Waals surface area contributed by atoms with Crippen molar-refractivity contribution in [3.63, 3.8) is 0 Å². The van der Waals surface area contributed by atoms with Crippen molar-refractivity contribution >= 4 is 17.2 Å². The van der Waals surface area contributed by atoms with Crippen LogP contribution in [0.15, 0.2) is 47.8 Å². The summed E-state index contributed by atoms with van der Waals surface area (Å²) in [6.45, 7) is 3.32. The van der Waals surface area contributed by atoms with Crippen LogP contribution in [0.2, 0.25) is 0 Å². The molecule has 2 aromatic rings. The van der Waals surface area contributed by atoms with Gasteiger partial charge in [-0.2, -0.15) is 0 Å². The molecular formula is C21H28N2O2S. The molecule has 1 unspecified atom stereocenters. The summed E-state index contributed by atoms with van der Waals surface area (Å²) in [4.78, 5) is 16.1. The van der Waals surface area contributed by atoms with Gasteiger partial charge in [-0.3, -0.25) is 9.69 Å². The summed E-state index contributed by atoms with van der Waals surface area (Å²) >= 11 is 1.78. The quantitative estimate of drug-likeness (QED) is 0.753. The largest absolute Gasteiger partial charge is 0.493 e. The molecule has 0 spiro atoms. The smallest absolute Gasteiger partial charge is 0.223 e. The molecule has 0 saturated carbocycles. The Hall–Kier alpha value is -1.85. The van der Waals surface area contributed by atoms with Gasteiger partial charge in [0.25, 0.3) is 0 Å². The van der Waals surface area contributed by atoms with Gasteiger partial charge in [-0.05, 0) is 49.5 Å². The van der Waals surface area contributed by atoms with Gasteiger partial charge in [0, 0.05) is 11.4 Å². The van der Waals surface area contributed by atoms with Crippen LogP contribution in [0.5, 0.6) is 5.75 Å². The fraction of sp³-hybridized carbons (Fsp3) is 0.476. The van der Waals surface area contributed by atoms with Gasteiger partial charge < -0.3 is 10.1 Å². The molecule has 1 amide bonds. The topological polar surface area (TPSA) is 41.6 Å². The van der Waals surface area contributed by atoms with Crippen molar-refractivity contribution in [2.45, 2.75) is 38.1 Å². The number of carbonyl (C=O) groups is 1. The van der Waals surface area contributed by atoms with Crippen LogP contribution in [0.25, 0.3) is 0 Å². The Kier molecular flexibility index (Phi) is 7.52. The molecule has 0 bridgehead atoms. The molecule has 2 heterocycles. The summed E-state index contributed by atoms with van der Waals surface area (Å²) in [7, 11) is 0. The number of nitrogens with zero attached hydrogens (tertiary/aromatic N) is 1. The van der Waals surface area contributed by atoms with Gasteiger partial charge in [0.1, 0.15) is 5.75 Å². The molecular weight excluding hydrogens is 344 g/mol. The number of para-hydroxylation sites is 1. The van der Waals surface area contributed by atoms with E-state index in [1.54, 1.807) is 11.3 Å². The number of rotatable bonds is 8. The third-order valence-electron chi connectivity index (χ3n) is 4.79. The number of carbonyl (C=O) groups excluding carboxylic acids is 1. The third kappa shape index (κ3) is 5.85. The molecule has 140 valence electrons. The Morgan fingerprint density at radius 1 is 1.08 bits per heavy atom. The van der Waals surface area contributed by atoms with Crippen molar-refractivity contribution in [3.05, 3.63) is 52.7 Å². The van der Waals surface area contributed by atoms with E-state index in [0.717, 1.165) is 18.8 Å². The van der Waals surface area contributed by atoms with Gasteiger partial charge in [-0.15, -0.1) is 11.3 Å². The number of ether oxygens (including phenoxy) is 1. The van der Waals surface area contributed by atoms with Crippen LogP contribution in [0.3, 0.4) is 0 Å². The minimum atomic E-state index is 0.0531. The maximum atomic E-state index is 12.3. The first-order chi connectivity index (χ1) is 12.8. The lowest BCUT2D eigenvalue weighted by Crippen LogP contribution is -2.38. The minimum Gasteiger partial charge on any atom is -0.493 e. The molecule has 0 aliphatic carbocycles. The molecule has 3 rings (SSSR count). The number of thiophene rings is 1. The Morgan fingerprint density at radius 3 is 2.54 bits per heavy atom. The zero-order valence-corrected chi connectivity index (χ0v) is 16.0. The van der Waals surface area contributed by atoms with Crippen LogP contribution in [-0.4, -0.2) is 37.0 Å². The van der Waals surface area contributed by atoms with Crippen molar-refractivity contribution in [1.29, 1.82) is 0 Å². The first-order valence-electron chi connectivity index (χ1n) is 9.55. The number of amides is 1. The Morgan fingerprint density at radius 2 is 1.85 bits per heavy atom. The zero-order chi connectivity index (χ0) is 18.0. The van der Waals surface area contributed by atoms with Crippen LogP contribution in [0, 0.1) is 0 Å². The molecule has 26 heavy (non-hydrogen) atoms. The predicted octanol–water partition coefficient (Wildman–Crippen LogP) is 4.25. The minimum absolute atomic E-state index is 0.0531. The average molecular weight is 373 g/mol. The molecule has 5 heteroatoms. The van der Waals surface area contributed by atoms with Crippen LogP contribution in [0.4, 0.5) is 0 Å². The molecule has 4 nitrogen and oxygen atoms in total. The highest BCUT2D eigenvalue weighted by molar-refractivity contribution is 7.10. The van der Waals surface area contributed by atoms with E-state index in [1.165, 1.54) is 30.6 Å². The molecule has 1 aromatic heterocycles. The van der Waals surface area contributed by atoms with E-state index in [-0.39, 0.29) is 11.9 Å². The summed E-state index contributed by atoms with van der Waals surface area (Å²) in [5.74, 6) is 0.860. The van der Waals surface area contributed by atoms with Crippen LogP contribution in [0.1, 0.15) is 43.0 Å². The van der Waals surface area contributed by atoms with Crippen LogP contribution >= 0.6 is 11.3 Å². The van der Waals surface area contributed by atoms with Crippen molar-refractivity contribution in [2.75, 3.05) is 26.2 Å². The van der Waals surface area contributed by atoms with Crippen molar-refractivity contribution in [1.82, 2.24) is 10.2 Å². The first kappa shape index (κ1) is 18.9. The second-order valence-corrected chi connectivity index (χ2v) is 7.68. The number of hydrogen-bond acceptors (Lipinski definition) is 4. The van der Waals surface area contributed by atoms with Crippen LogP contribution < -0.4 is 10.1 Å². The Balaban J connectivity index is 1.48. The number of hydrogen-bond donors (Lipinski definition) is 1. The summed E-state index contributed by atoms with van der Waals surface area (Å²) in [5, 5.41) is 5.24. The van der Waals surface area contributed by atoms with Gasteiger partial charge in [0.15, 0.2) is 0 Å². The highest BCUT2D eigenvalue weighted by Crippen LogP contribution is 2.27. The number of nitrogens with one attached hydrogen (secondary N) is 1. The predicted molar refractivity (Wildman–Crippen MR) is 107 cm³/mol. The molecule has 0 radical (unpaired) electrons. The number of benzene rings is 1. The molecule has 1 aliphatic heterocycles. The summed E-state index contributed by atoms with van der Waals surface area (Å²) in [5.41, 5.74) is 0. The highest BCUT2D eigenvalue weighted by Gasteiger charge is 2.22. The molecule has 1 aromatic carbocycles. The first-order valence-corrected chi connectivity index (χ1v) is 10.4. The maximum absolute atomic E-state index is 12.3. The van der Waals surface area contributed by atoms with E-state index >= 15 is 0 Å². The van der Waals surface area contributed by atoms with E-state index in [2.05, 4.69) is 27.7 Å². The summed E-state index contributed by atoms with van der Waals surface area (Å²) in [6.07, 6.45) is 5.52. The fourth-order valence-corrected chi connectivity index (χ4v) is 4.24. The lowest BCUT2D eigenvalue weighted by atomic mass is 10.2. The van der Waals surface area contributed by atoms with Gasteiger partial charge in [-0.1, -0.05) is 37.1 Å². The third-order valence-corrected chi connectivity index (χ3v) is 5.76. The Bertz CT molecular complexity index is 637.